The third-order valence-electron chi connectivity index (χ3n) is 6.07. The van der Waals surface area contributed by atoms with E-state index >= 15 is 0 Å². The molecular formula is C27H23N3O3S. The molecule has 1 atom stereocenters. The number of carbonyl (C=O) groups is 2. The zero-order valence-electron chi connectivity index (χ0n) is 18.6. The summed E-state index contributed by atoms with van der Waals surface area (Å²) in [5.74, 6) is 0.786. The minimum Gasteiger partial charge on any atom is -0.457 e. The van der Waals surface area contributed by atoms with Gasteiger partial charge in [0.1, 0.15) is 22.6 Å². The first-order chi connectivity index (χ1) is 16.6. The smallest absolute Gasteiger partial charge is 0.247 e. The highest BCUT2D eigenvalue weighted by molar-refractivity contribution is 8.00. The molecule has 1 aliphatic heterocycles. The largest absolute Gasteiger partial charge is 0.457 e. The van der Waals surface area contributed by atoms with Gasteiger partial charge in [0.2, 0.25) is 11.8 Å². The number of amides is 2. The number of imide groups is 1. The fraction of sp³-hybridized carbons (Fsp3) is 0.259. The van der Waals surface area contributed by atoms with E-state index in [0.717, 1.165) is 43.4 Å². The Morgan fingerprint density at radius 2 is 1.71 bits per heavy atom. The lowest BCUT2D eigenvalue weighted by Gasteiger charge is -2.16. The highest BCUT2D eigenvalue weighted by Gasteiger charge is 2.41. The van der Waals surface area contributed by atoms with E-state index in [1.165, 1.54) is 16.7 Å². The first-order valence-electron chi connectivity index (χ1n) is 11.4. The quantitative estimate of drug-likeness (QED) is 0.366. The number of pyridine rings is 1. The van der Waals surface area contributed by atoms with Crippen LogP contribution in [-0.2, 0) is 22.4 Å². The van der Waals surface area contributed by atoms with Gasteiger partial charge in [0.25, 0.3) is 0 Å². The van der Waals surface area contributed by atoms with Crippen LogP contribution in [0.2, 0.25) is 0 Å². The van der Waals surface area contributed by atoms with Crippen LogP contribution in [0.4, 0.5) is 5.69 Å². The van der Waals surface area contributed by atoms with Gasteiger partial charge in [-0.3, -0.25) is 9.59 Å². The first-order valence-corrected chi connectivity index (χ1v) is 12.3. The van der Waals surface area contributed by atoms with E-state index in [2.05, 4.69) is 6.07 Å². The summed E-state index contributed by atoms with van der Waals surface area (Å²) < 4.78 is 5.80. The molecule has 1 saturated heterocycles. The number of para-hydroxylation sites is 1. The maximum atomic E-state index is 13.2. The van der Waals surface area contributed by atoms with Gasteiger partial charge >= 0.3 is 0 Å². The first kappa shape index (κ1) is 22.2. The number of hydrogen-bond donors (Lipinski definition) is 0. The monoisotopic (exact) mass is 469 g/mol. The Kier molecular flexibility index (Phi) is 6.33. The SMILES string of the molecule is N#Cc1cc2c(nc1SC1CC(=O)N(c3ccc(Oc4ccccc4)cc3)C1=O)CCCCC2. The molecule has 7 heteroatoms. The second-order valence-corrected chi connectivity index (χ2v) is 9.60. The van der Waals surface area contributed by atoms with Crippen LogP contribution in [0.5, 0.6) is 11.5 Å². The average Bonchev–Trinajstić information content (AvgIpc) is 3.00. The van der Waals surface area contributed by atoms with Gasteiger partial charge in [0.15, 0.2) is 0 Å². The highest BCUT2D eigenvalue weighted by Crippen LogP contribution is 2.36. The van der Waals surface area contributed by atoms with Crippen LogP contribution in [-0.4, -0.2) is 22.0 Å². The zero-order valence-corrected chi connectivity index (χ0v) is 19.4. The number of hydrogen-bond acceptors (Lipinski definition) is 6. The van der Waals surface area contributed by atoms with E-state index in [-0.39, 0.29) is 18.2 Å². The number of benzene rings is 2. The van der Waals surface area contributed by atoms with Crippen LogP contribution in [0.1, 0.15) is 42.5 Å². The third kappa shape index (κ3) is 4.55. The van der Waals surface area contributed by atoms with Crippen molar-refractivity contribution in [1.29, 1.82) is 5.26 Å². The fourth-order valence-electron chi connectivity index (χ4n) is 4.35. The summed E-state index contributed by atoms with van der Waals surface area (Å²) in [5, 5.41) is 9.61. The number of nitrogens with zero attached hydrogens (tertiary/aromatic N) is 3. The van der Waals surface area contributed by atoms with Gasteiger partial charge in [0.05, 0.1) is 16.5 Å². The van der Waals surface area contributed by atoms with Crippen LogP contribution >= 0.6 is 11.8 Å². The standard InChI is InChI=1S/C27H23N3O3S/c28-17-19-15-18-7-3-1-6-10-23(18)29-26(19)34-24-16-25(31)30(27(24)32)20-11-13-22(14-12-20)33-21-8-4-2-5-9-21/h2,4-5,8-9,11-15,24H,1,3,6-7,10,16H2. The molecule has 0 spiro atoms. The predicted molar refractivity (Wildman–Crippen MR) is 130 cm³/mol. The molecule has 1 aliphatic carbocycles. The lowest BCUT2D eigenvalue weighted by molar-refractivity contribution is -0.121. The Bertz CT molecular complexity index is 1270. The summed E-state index contributed by atoms with van der Waals surface area (Å²) in [6.45, 7) is 0. The Hall–Kier alpha value is -3.63. The summed E-state index contributed by atoms with van der Waals surface area (Å²) in [5.41, 5.74) is 3.13. The number of carbonyl (C=O) groups excluding carboxylic acids is 2. The van der Waals surface area contributed by atoms with Gasteiger partial charge in [-0.25, -0.2) is 9.88 Å². The second kappa shape index (κ2) is 9.70. The van der Waals surface area contributed by atoms with Gasteiger partial charge in [-0.15, -0.1) is 0 Å². The molecule has 1 unspecified atom stereocenters. The number of rotatable bonds is 5. The maximum Gasteiger partial charge on any atom is 0.247 e. The van der Waals surface area contributed by atoms with Crippen molar-refractivity contribution in [2.24, 2.45) is 0 Å². The van der Waals surface area contributed by atoms with Crippen molar-refractivity contribution in [3.05, 3.63) is 77.5 Å². The van der Waals surface area contributed by atoms with Crippen molar-refractivity contribution in [1.82, 2.24) is 4.98 Å². The summed E-state index contributed by atoms with van der Waals surface area (Å²) in [7, 11) is 0. The van der Waals surface area contributed by atoms with Crippen molar-refractivity contribution in [2.45, 2.75) is 48.8 Å². The molecule has 0 radical (unpaired) electrons. The van der Waals surface area contributed by atoms with E-state index in [1.54, 1.807) is 24.3 Å². The second-order valence-electron chi connectivity index (χ2n) is 8.41. The molecule has 2 aromatic carbocycles. The molecule has 2 aliphatic rings. The van der Waals surface area contributed by atoms with Crippen LogP contribution < -0.4 is 9.64 Å². The molecule has 6 nitrogen and oxygen atoms in total. The Balaban J connectivity index is 1.33. The zero-order chi connectivity index (χ0) is 23.5. The van der Waals surface area contributed by atoms with Crippen LogP contribution in [0.3, 0.4) is 0 Å². The molecule has 2 heterocycles. The molecular weight excluding hydrogens is 446 g/mol. The molecule has 0 N–H and O–H groups in total. The number of anilines is 1. The molecule has 34 heavy (non-hydrogen) atoms. The number of aryl methyl sites for hydroxylation is 2. The van der Waals surface area contributed by atoms with Crippen molar-refractivity contribution in [2.75, 3.05) is 4.90 Å². The van der Waals surface area contributed by atoms with E-state index in [1.807, 2.05) is 36.4 Å². The van der Waals surface area contributed by atoms with Crippen LogP contribution in [0.15, 0.2) is 65.7 Å². The summed E-state index contributed by atoms with van der Waals surface area (Å²) >= 11 is 1.23. The Morgan fingerprint density at radius 3 is 2.47 bits per heavy atom. The fourth-order valence-corrected chi connectivity index (χ4v) is 5.45. The number of aromatic nitrogens is 1. The lowest BCUT2D eigenvalue weighted by atomic mass is 10.1. The molecule has 1 fully saturated rings. The molecule has 3 aromatic rings. The average molecular weight is 470 g/mol. The molecule has 2 amide bonds. The number of ether oxygens (including phenoxy) is 1. The van der Waals surface area contributed by atoms with Gasteiger partial charge < -0.3 is 4.74 Å². The molecule has 170 valence electrons. The molecule has 0 bridgehead atoms. The van der Waals surface area contributed by atoms with Gasteiger partial charge in [-0.05, 0) is 73.7 Å². The lowest BCUT2D eigenvalue weighted by Crippen LogP contribution is -2.31. The van der Waals surface area contributed by atoms with E-state index < -0.39 is 5.25 Å². The number of nitriles is 1. The summed E-state index contributed by atoms with van der Waals surface area (Å²) in [6, 6.07) is 20.5. The van der Waals surface area contributed by atoms with Gasteiger partial charge in [-0.1, -0.05) is 36.4 Å². The van der Waals surface area contributed by atoms with Crippen LogP contribution in [0.25, 0.3) is 0 Å². The molecule has 5 rings (SSSR count). The molecule has 1 aromatic heterocycles. The number of fused-ring (bicyclic) bond motifs is 1. The third-order valence-corrected chi connectivity index (χ3v) is 7.26. The van der Waals surface area contributed by atoms with Gasteiger partial charge in [-0.2, -0.15) is 5.26 Å². The summed E-state index contributed by atoms with van der Waals surface area (Å²) in [4.78, 5) is 31.9. The number of thioether (sulfide) groups is 1. The molecule has 0 saturated carbocycles. The summed E-state index contributed by atoms with van der Waals surface area (Å²) in [6.07, 6.45) is 5.23. The minimum absolute atomic E-state index is 0.0788. The predicted octanol–water partition coefficient (Wildman–Crippen LogP) is 5.44. The van der Waals surface area contributed by atoms with E-state index in [4.69, 9.17) is 9.72 Å². The topological polar surface area (TPSA) is 83.3 Å². The Labute approximate surface area is 202 Å². The van der Waals surface area contributed by atoms with Crippen molar-refractivity contribution >= 4 is 29.3 Å². The minimum atomic E-state index is -0.601. The van der Waals surface area contributed by atoms with Crippen LogP contribution in [0, 0.1) is 11.3 Å². The van der Waals surface area contributed by atoms with Crippen molar-refractivity contribution in [3.8, 4) is 17.6 Å². The van der Waals surface area contributed by atoms with Crippen molar-refractivity contribution in [3.63, 3.8) is 0 Å². The highest BCUT2D eigenvalue weighted by atomic mass is 32.2. The van der Waals surface area contributed by atoms with Crippen molar-refractivity contribution < 1.29 is 14.3 Å². The Morgan fingerprint density at radius 1 is 0.971 bits per heavy atom. The van der Waals surface area contributed by atoms with E-state index in [9.17, 15) is 14.9 Å². The maximum absolute atomic E-state index is 13.2. The van der Waals surface area contributed by atoms with Gasteiger partial charge in [0, 0.05) is 12.1 Å². The van der Waals surface area contributed by atoms with E-state index in [0.29, 0.717) is 27.8 Å². The normalized spacial score (nSPS) is 17.7.